The molecule has 0 spiro atoms. The van der Waals surface area contributed by atoms with Crippen LogP contribution in [-0.2, 0) is 4.74 Å². The van der Waals surface area contributed by atoms with Crippen molar-refractivity contribution in [2.45, 2.75) is 38.6 Å². The number of hydrogen-bond donors (Lipinski definition) is 0. The summed E-state index contributed by atoms with van der Waals surface area (Å²) in [6.07, 6.45) is 3.75. The fourth-order valence-electron chi connectivity index (χ4n) is 3.92. The topological polar surface area (TPSA) is 94.4 Å². The zero-order chi connectivity index (χ0) is 21.7. The van der Waals surface area contributed by atoms with E-state index in [-0.39, 0.29) is 31.0 Å². The van der Waals surface area contributed by atoms with Crippen LogP contribution < -0.4 is 0 Å². The highest BCUT2D eigenvalue weighted by atomic mass is 16.5. The minimum absolute atomic E-state index is 0.00700. The maximum atomic E-state index is 12.9. The van der Waals surface area contributed by atoms with E-state index in [0.29, 0.717) is 33.6 Å². The van der Waals surface area contributed by atoms with Crippen LogP contribution in [0.3, 0.4) is 0 Å². The van der Waals surface area contributed by atoms with Gasteiger partial charge in [0.1, 0.15) is 6.61 Å². The Hall–Kier alpha value is -3.55. The fraction of sp³-hybridized carbons (Fsp3) is 0.348. The fourth-order valence-corrected chi connectivity index (χ4v) is 3.92. The molecular weight excluding hydrogens is 396 g/mol. The third-order valence-corrected chi connectivity index (χ3v) is 5.72. The average molecular weight is 418 g/mol. The molecule has 1 aliphatic heterocycles. The maximum absolute atomic E-state index is 12.9. The molecule has 2 aromatic heterocycles. The van der Waals surface area contributed by atoms with Gasteiger partial charge < -0.3 is 4.74 Å². The van der Waals surface area contributed by atoms with Gasteiger partial charge in [0.15, 0.2) is 5.65 Å². The normalized spacial score (nSPS) is 15.8. The van der Waals surface area contributed by atoms with Crippen LogP contribution in [-0.4, -0.2) is 50.6 Å². The number of carbonyl (C=O) groups is 3. The molecule has 1 aliphatic carbocycles. The number of hydrogen-bond acceptors (Lipinski definition) is 6. The third kappa shape index (κ3) is 3.28. The number of carbonyl (C=O) groups excluding carboxylic acids is 3. The number of amides is 2. The minimum Gasteiger partial charge on any atom is -0.460 e. The molecule has 31 heavy (non-hydrogen) atoms. The van der Waals surface area contributed by atoms with Crippen molar-refractivity contribution in [2.75, 3.05) is 13.2 Å². The zero-order valence-electron chi connectivity index (χ0n) is 17.4. The molecule has 3 aromatic rings. The lowest BCUT2D eigenvalue weighted by molar-refractivity contribution is 0.0422. The summed E-state index contributed by atoms with van der Waals surface area (Å²) in [6.45, 7) is 3.95. The van der Waals surface area contributed by atoms with E-state index in [1.807, 2.05) is 13.8 Å². The van der Waals surface area contributed by atoms with Crippen LogP contribution in [0.4, 0.5) is 0 Å². The van der Waals surface area contributed by atoms with Crippen molar-refractivity contribution in [3.63, 3.8) is 0 Å². The van der Waals surface area contributed by atoms with Crippen molar-refractivity contribution in [3.8, 4) is 0 Å². The van der Waals surface area contributed by atoms with E-state index in [1.165, 1.54) is 0 Å². The van der Waals surface area contributed by atoms with Gasteiger partial charge in [-0.3, -0.25) is 14.5 Å². The van der Waals surface area contributed by atoms with Crippen molar-refractivity contribution in [3.05, 3.63) is 58.9 Å². The first-order valence-electron chi connectivity index (χ1n) is 10.5. The number of aromatic nitrogens is 3. The highest BCUT2D eigenvalue weighted by Crippen LogP contribution is 2.40. The van der Waals surface area contributed by atoms with Crippen molar-refractivity contribution in [1.82, 2.24) is 19.7 Å². The van der Waals surface area contributed by atoms with Crippen LogP contribution >= 0.6 is 0 Å². The molecule has 1 saturated carbocycles. The zero-order valence-corrected chi connectivity index (χ0v) is 17.4. The molecule has 158 valence electrons. The van der Waals surface area contributed by atoms with E-state index in [9.17, 15) is 14.4 Å². The van der Waals surface area contributed by atoms with Gasteiger partial charge in [-0.2, -0.15) is 5.10 Å². The molecule has 1 fully saturated rings. The summed E-state index contributed by atoms with van der Waals surface area (Å²) in [6, 6.07) is 8.59. The van der Waals surface area contributed by atoms with Crippen molar-refractivity contribution < 1.29 is 19.1 Å². The Morgan fingerprint density at radius 3 is 2.45 bits per heavy atom. The van der Waals surface area contributed by atoms with E-state index in [2.05, 4.69) is 5.10 Å². The Kier molecular flexibility index (Phi) is 4.57. The largest absolute Gasteiger partial charge is 0.460 e. The Balaban J connectivity index is 1.34. The predicted molar refractivity (Wildman–Crippen MR) is 112 cm³/mol. The second-order valence-electron chi connectivity index (χ2n) is 8.23. The first-order valence-corrected chi connectivity index (χ1v) is 10.5. The number of ether oxygens (including phenoxy) is 1. The van der Waals surface area contributed by atoms with E-state index in [4.69, 9.17) is 9.72 Å². The van der Waals surface area contributed by atoms with Crippen molar-refractivity contribution >= 4 is 28.8 Å². The number of pyridine rings is 1. The molecule has 1 aromatic carbocycles. The second-order valence-corrected chi connectivity index (χ2v) is 8.23. The van der Waals surface area contributed by atoms with Crippen LogP contribution in [0.5, 0.6) is 0 Å². The summed E-state index contributed by atoms with van der Waals surface area (Å²) in [5.74, 6) is -0.867. The molecule has 0 radical (unpaired) electrons. The van der Waals surface area contributed by atoms with E-state index >= 15 is 0 Å². The Morgan fingerprint density at radius 1 is 1.16 bits per heavy atom. The van der Waals surface area contributed by atoms with Crippen LogP contribution in [0.1, 0.15) is 75.4 Å². The summed E-state index contributed by atoms with van der Waals surface area (Å²) < 4.78 is 7.27. The number of rotatable bonds is 6. The van der Waals surface area contributed by atoms with Gasteiger partial charge in [-0.25, -0.2) is 14.5 Å². The molecule has 3 heterocycles. The summed E-state index contributed by atoms with van der Waals surface area (Å²) in [5.41, 5.74) is 2.73. The SMILES string of the molecule is CC(C)n1ncc2c(C(=O)OCCN3C(=O)c4ccccc4C3=O)cc(C3CC3)nc21. The van der Waals surface area contributed by atoms with Gasteiger partial charge in [-0.05, 0) is 44.9 Å². The molecule has 2 amide bonds. The Bertz CT molecular complexity index is 1190. The van der Waals surface area contributed by atoms with E-state index in [1.54, 1.807) is 41.2 Å². The van der Waals surface area contributed by atoms with Gasteiger partial charge >= 0.3 is 5.97 Å². The quantitative estimate of drug-likeness (QED) is 0.450. The summed E-state index contributed by atoms with van der Waals surface area (Å²) in [7, 11) is 0. The van der Waals surface area contributed by atoms with Gasteiger partial charge in [0.2, 0.25) is 0 Å². The lowest BCUT2D eigenvalue weighted by Crippen LogP contribution is -2.33. The number of fused-ring (bicyclic) bond motifs is 2. The predicted octanol–water partition coefficient (Wildman–Crippen LogP) is 3.34. The van der Waals surface area contributed by atoms with Crippen molar-refractivity contribution in [1.29, 1.82) is 0 Å². The first kappa shape index (κ1) is 19.4. The third-order valence-electron chi connectivity index (χ3n) is 5.72. The Labute approximate surface area is 178 Å². The molecule has 0 unspecified atom stereocenters. The second kappa shape index (κ2) is 7.30. The maximum Gasteiger partial charge on any atom is 0.339 e. The van der Waals surface area contributed by atoms with E-state index < -0.39 is 5.97 Å². The van der Waals surface area contributed by atoms with Crippen molar-refractivity contribution in [2.24, 2.45) is 0 Å². The molecule has 2 aliphatic rings. The Morgan fingerprint density at radius 2 is 1.84 bits per heavy atom. The number of benzene rings is 1. The summed E-state index contributed by atoms with van der Waals surface area (Å²) in [4.78, 5) is 43.7. The molecule has 5 rings (SSSR count). The van der Waals surface area contributed by atoms with Gasteiger partial charge in [0.25, 0.3) is 11.8 Å². The smallest absolute Gasteiger partial charge is 0.339 e. The average Bonchev–Trinajstić information content (AvgIpc) is 3.48. The lowest BCUT2D eigenvalue weighted by atomic mass is 10.1. The molecular formula is C23H22N4O4. The molecule has 0 atom stereocenters. The van der Waals surface area contributed by atoms with Gasteiger partial charge in [0.05, 0.1) is 34.8 Å². The van der Waals surface area contributed by atoms with Gasteiger partial charge in [-0.1, -0.05) is 12.1 Å². The number of imide groups is 1. The van der Waals surface area contributed by atoms with Gasteiger partial charge in [-0.15, -0.1) is 0 Å². The first-order chi connectivity index (χ1) is 15.0. The van der Waals surface area contributed by atoms with Crippen LogP contribution in [0.2, 0.25) is 0 Å². The van der Waals surface area contributed by atoms with Gasteiger partial charge in [0, 0.05) is 17.7 Å². The highest BCUT2D eigenvalue weighted by Gasteiger charge is 2.35. The molecule has 8 nitrogen and oxygen atoms in total. The molecule has 0 saturated heterocycles. The minimum atomic E-state index is -0.505. The lowest BCUT2D eigenvalue weighted by Gasteiger charge is -2.14. The number of esters is 1. The highest BCUT2D eigenvalue weighted by molar-refractivity contribution is 6.21. The molecule has 0 N–H and O–H groups in total. The molecule has 8 heteroatoms. The summed E-state index contributed by atoms with van der Waals surface area (Å²) >= 11 is 0. The monoisotopic (exact) mass is 418 g/mol. The van der Waals surface area contributed by atoms with Crippen LogP contribution in [0.15, 0.2) is 36.5 Å². The van der Waals surface area contributed by atoms with Crippen LogP contribution in [0, 0.1) is 0 Å². The molecule has 0 bridgehead atoms. The van der Waals surface area contributed by atoms with Crippen LogP contribution in [0.25, 0.3) is 11.0 Å². The standard InChI is InChI=1S/C23H22N4O4/c1-13(2)27-20-18(12-24-27)17(11-19(25-20)14-7-8-14)23(30)31-10-9-26-21(28)15-5-3-4-6-16(15)22(26)29/h3-6,11-14H,7-10H2,1-2H3. The number of nitrogens with zero attached hydrogens (tertiary/aromatic N) is 4. The van der Waals surface area contributed by atoms with E-state index in [0.717, 1.165) is 23.4 Å². The summed E-state index contributed by atoms with van der Waals surface area (Å²) in [5, 5.41) is 5.04.